The molecule has 0 spiro atoms. The largest absolute Gasteiger partial charge is 0.485 e. The summed E-state index contributed by atoms with van der Waals surface area (Å²) in [6.07, 6.45) is 1.45. The summed E-state index contributed by atoms with van der Waals surface area (Å²) in [6, 6.07) is 12.3. The number of hydrogen-bond donors (Lipinski definition) is 2. The van der Waals surface area contributed by atoms with Crippen LogP contribution < -0.4 is 9.47 Å². The molecule has 18 heteroatoms. The fourth-order valence-corrected chi connectivity index (χ4v) is 10.0. The molecule has 0 bridgehead atoms. The topological polar surface area (TPSA) is 218 Å². The highest BCUT2D eigenvalue weighted by Gasteiger charge is 2.53. The smallest absolute Gasteiger partial charge is 0.472 e. The lowest BCUT2D eigenvalue weighted by Gasteiger charge is -2.47. The van der Waals surface area contributed by atoms with E-state index in [2.05, 4.69) is 12.1 Å². The van der Waals surface area contributed by atoms with Crippen molar-refractivity contribution in [1.29, 1.82) is 10.5 Å². The quantitative estimate of drug-likeness (QED) is 0.148. The van der Waals surface area contributed by atoms with E-state index in [0.29, 0.717) is 98.2 Å². The Morgan fingerprint density at radius 2 is 1.11 bits per heavy atom. The van der Waals surface area contributed by atoms with Crippen LogP contribution in [0.3, 0.4) is 0 Å². The molecule has 6 atom stereocenters. The van der Waals surface area contributed by atoms with Gasteiger partial charge in [-0.05, 0) is 89.8 Å². The SMILES string of the molecule is CC1(C)Oc2ccc(C#N)cc2[C@@H](N2CCCC2=O)[C@@H]1OP(=O)(O)OCCCCCCOP(=O)(O)O[C@H]1[C@H](N2CCCC2=O)c2cc(C#N)ccc2OC1(C)C. The highest BCUT2D eigenvalue weighted by atomic mass is 31.2. The normalized spacial score (nSPS) is 25.9. The molecule has 2 amide bonds. The molecule has 4 aliphatic rings. The minimum absolute atomic E-state index is 0.130. The van der Waals surface area contributed by atoms with Crippen LogP contribution in [-0.4, -0.2) is 81.1 Å². The minimum Gasteiger partial charge on any atom is -0.485 e. The second-order valence-electron chi connectivity index (χ2n) is 15.5. The number of hydrogen-bond acceptors (Lipinski definition) is 12. The van der Waals surface area contributed by atoms with Crippen molar-refractivity contribution in [2.45, 2.75) is 115 Å². The Morgan fingerprint density at radius 1 is 0.714 bits per heavy atom. The van der Waals surface area contributed by atoms with Crippen molar-refractivity contribution in [2.75, 3.05) is 26.3 Å². The van der Waals surface area contributed by atoms with Gasteiger partial charge in [0.1, 0.15) is 34.9 Å². The van der Waals surface area contributed by atoms with Crippen LogP contribution in [0.5, 0.6) is 11.5 Å². The summed E-state index contributed by atoms with van der Waals surface area (Å²) in [5.74, 6) is 0.644. The van der Waals surface area contributed by atoms with Crippen LogP contribution in [0.25, 0.3) is 0 Å². The third-order valence-electron chi connectivity index (χ3n) is 10.5. The first-order chi connectivity index (χ1) is 26.4. The summed E-state index contributed by atoms with van der Waals surface area (Å²) in [4.78, 5) is 50.7. The second kappa shape index (κ2) is 16.6. The molecule has 6 rings (SSSR count). The average molecular weight is 815 g/mol. The number of fused-ring (bicyclic) bond motifs is 2. The molecule has 4 heterocycles. The van der Waals surface area contributed by atoms with E-state index in [-0.39, 0.29) is 25.0 Å². The lowest BCUT2D eigenvalue weighted by Crippen LogP contribution is -2.54. The first kappa shape index (κ1) is 41.8. The summed E-state index contributed by atoms with van der Waals surface area (Å²) in [5, 5.41) is 19.0. The molecule has 2 aromatic carbocycles. The lowest BCUT2D eigenvalue weighted by atomic mass is 9.85. The van der Waals surface area contributed by atoms with Crippen molar-refractivity contribution < 1.29 is 56.1 Å². The Labute approximate surface area is 326 Å². The summed E-state index contributed by atoms with van der Waals surface area (Å²) in [6.45, 7) is 7.37. The molecule has 2 N–H and O–H groups in total. The zero-order valence-corrected chi connectivity index (χ0v) is 33.7. The third kappa shape index (κ3) is 9.15. The van der Waals surface area contributed by atoms with Gasteiger partial charge in [0.2, 0.25) is 11.8 Å². The van der Waals surface area contributed by atoms with E-state index in [1.807, 2.05) is 0 Å². The number of nitrogens with zero attached hydrogens (tertiary/aromatic N) is 4. The molecular formula is C38H48N4O12P2. The summed E-state index contributed by atoms with van der Waals surface area (Å²) in [7, 11) is -9.34. The van der Waals surface area contributed by atoms with E-state index in [1.54, 1.807) is 73.9 Å². The van der Waals surface area contributed by atoms with Gasteiger partial charge in [-0.1, -0.05) is 12.8 Å². The number of likely N-dealkylation sites (tertiary alicyclic amines) is 2. The van der Waals surface area contributed by atoms with Crippen molar-refractivity contribution in [1.82, 2.24) is 9.80 Å². The van der Waals surface area contributed by atoms with Gasteiger partial charge in [-0.3, -0.25) is 27.7 Å². The summed E-state index contributed by atoms with van der Waals surface area (Å²) in [5.41, 5.74) is -0.576. The number of phosphoric acid groups is 2. The van der Waals surface area contributed by atoms with Gasteiger partial charge in [0.25, 0.3) is 0 Å². The molecule has 2 unspecified atom stereocenters. The van der Waals surface area contributed by atoms with Gasteiger partial charge >= 0.3 is 15.6 Å². The van der Waals surface area contributed by atoms with Crippen LogP contribution in [0.1, 0.15) is 113 Å². The lowest BCUT2D eigenvalue weighted by molar-refractivity contribution is -0.139. The van der Waals surface area contributed by atoms with E-state index in [1.165, 1.54) is 0 Å². The number of carbonyl (C=O) groups excluding carboxylic acids is 2. The molecule has 16 nitrogen and oxygen atoms in total. The molecule has 2 saturated heterocycles. The van der Waals surface area contributed by atoms with Gasteiger partial charge in [-0.15, -0.1) is 0 Å². The molecule has 0 aromatic heterocycles. The fourth-order valence-electron chi connectivity index (χ4n) is 7.88. The molecule has 56 heavy (non-hydrogen) atoms. The number of phosphoric ester groups is 2. The summed E-state index contributed by atoms with van der Waals surface area (Å²) < 4.78 is 61.2. The van der Waals surface area contributed by atoms with Crippen LogP contribution in [0.15, 0.2) is 36.4 Å². The maximum absolute atomic E-state index is 13.3. The number of carbonyl (C=O) groups is 2. The molecule has 2 aromatic rings. The average Bonchev–Trinajstić information content (AvgIpc) is 3.76. The van der Waals surface area contributed by atoms with Gasteiger partial charge in [-0.25, -0.2) is 9.13 Å². The van der Waals surface area contributed by atoms with Crippen LogP contribution in [0.4, 0.5) is 0 Å². The number of ether oxygens (including phenoxy) is 2. The molecular weight excluding hydrogens is 766 g/mol. The third-order valence-corrected chi connectivity index (χ3v) is 12.5. The van der Waals surface area contributed by atoms with Crippen molar-refractivity contribution in [3.8, 4) is 23.6 Å². The predicted molar refractivity (Wildman–Crippen MR) is 199 cm³/mol. The van der Waals surface area contributed by atoms with Crippen LogP contribution >= 0.6 is 15.6 Å². The first-order valence-corrected chi connectivity index (χ1v) is 21.8. The van der Waals surface area contributed by atoms with Gasteiger partial charge in [0.15, 0.2) is 0 Å². The Kier molecular flexibility index (Phi) is 12.4. The van der Waals surface area contributed by atoms with Crippen molar-refractivity contribution in [3.63, 3.8) is 0 Å². The first-order valence-electron chi connectivity index (χ1n) is 18.8. The van der Waals surface area contributed by atoms with Gasteiger partial charge in [0, 0.05) is 37.1 Å². The van der Waals surface area contributed by atoms with Crippen LogP contribution in [-0.2, 0) is 36.8 Å². The van der Waals surface area contributed by atoms with Crippen molar-refractivity contribution >= 4 is 27.5 Å². The predicted octanol–water partition coefficient (Wildman–Crippen LogP) is 6.36. The monoisotopic (exact) mass is 814 g/mol. The molecule has 4 aliphatic heterocycles. The van der Waals surface area contributed by atoms with Gasteiger partial charge in [0.05, 0.1) is 48.6 Å². The summed E-state index contributed by atoms with van der Waals surface area (Å²) >= 11 is 0. The zero-order chi connectivity index (χ0) is 40.5. The fraction of sp³-hybridized carbons (Fsp3) is 0.579. The number of benzene rings is 2. The highest BCUT2D eigenvalue weighted by Crippen LogP contribution is 2.55. The van der Waals surface area contributed by atoms with Crippen molar-refractivity contribution in [3.05, 3.63) is 58.7 Å². The molecule has 302 valence electrons. The number of unbranched alkanes of at least 4 members (excludes halogenated alkanes) is 3. The van der Waals surface area contributed by atoms with E-state index in [4.69, 9.17) is 27.6 Å². The van der Waals surface area contributed by atoms with Crippen LogP contribution in [0, 0.1) is 22.7 Å². The van der Waals surface area contributed by atoms with E-state index >= 15 is 0 Å². The number of nitriles is 2. The number of rotatable bonds is 15. The number of amides is 2. The van der Waals surface area contributed by atoms with Crippen molar-refractivity contribution in [2.24, 2.45) is 0 Å². The molecule has 0 aliphatic carbocycles. The minimum atomic E-state index is -4.67. The molecule has 2 fully saturated rings. The maximum atomic E-state index is 13.3. The maximum Gasteiger partial charge on any atom is 0.472 e. The second-order valence-corrected chi connectivity index (χ2v) is 18.3. The van der Waals surface area contributed by atoms with Gasteiger partial charge in [-0.2, -0.15) is 10.5 Å². The Bertz CT molecular complexity index is 1870. The highest BCUT2D eigenvalue weighted by molar-refractivity contribution is 7.47. The van der Waals surface area contributed by atoms with Crippen LogP contribution in [0.2, 0.25) is 0 Å². The standard InChI is InChI=1S/C38H48N4O12P2/c1-37(2)35(33(41-17-9-11-31(41)43)27-21-25(23-39)13-15-29(27)51-37)53-55(45,46)49-19-7-5-6-8-20-50-56(47,48)54-36-34(42-18-10-12-32(42)44)28-22-26(24-40)14-16-30(28)52-38(36,3)4/h13-16,21-22,33-36H,5-12,17-20H2,1-4H3,(H,45,46)(H,47,48)/t33-,34-,35+,36+/m1/s1. The Balaban J connectivity index is 1.00. The van der Waals surface area contributed by atoms with Gasteiger partial charge < -0.3 is 29.1 Å². The zero-order valence-electron chi connectivity index (χ0n) is 31.9. The Morgan fingerprint density at radius 3 is 1.45 bits per heavy atom. The van der Waals surface area contributed by atoms with E-state index in [0.717, 1.165) is 0 Å². The molecule has 0 saturated carbocycles. The molecule has 0 radical (unpaired) electrons. The van der Waals surface area contributed by atoms with E-state index < -0.39 is 51.1 Å². The Hall–Kier alpha value is -3.82. The van der Waals surface area contributed by atoms with E-state index in [9.17, 15) is 39.0 Å².